The van der Waals surface area contributed by atoms with Gasteiger partial charge in [-0.15, -0.1) is 0 Å². The first kappa shape index (κ1) is 12.3. The number of hydrogen-bond acceptors (Lipinski definition) is 3. The van der Waals surface area contributed by atoms with Gasteiger partial charge in [0.15, 0.2) is 0 Å². The van der Waals surface area contributed by atoms with Gasteiger partial charge in [-0.2, -0.15) is 0 Å². The van der Waals surface area contributed by atoms with Gasteiger partial charge in [-0.1, -0.05) is 13.3 Å². The number of ether oxygens (including phenoxy) is 1. The van der Waals surface area contributed by atoms with Gasteiger partial charge in [-0.3, -0.25) is 0 Å². The lowest BCUT2D eigenvalue weighted by Crippen LogP contribution is -2.47. The minimum Gasteiger partial charge on any atom is -0.381 e. The summed E-state index contributed by atoms with van der Waals surface area (Å²) in [4.78, 5) is 2.61. The van der Waals surface area contributed by atoms with Crippen molar-refractivity contribution in [3.8, 4) is 0 Å². The average Bonchev–Trinajstić information content (AvgIpc) is 2.78. The van der Waals surface area contributed by atoms with Gasteiger partial charge in [0.1, 0.15) is 0 Å². The van der Waals surface area contributed by atoms with Crippen LogP contribution in [0, 0.1) is 11.3 Å². The molecule has 0 aromatic heterocycles. The van der Waals surface area contributed by atoms with Crippen molar-refractivity contribution in [1.29, 1.82) is 0 Å². The zero-order valence-corrected chi connectivity index (χ0v) is 10.6. The topological polar surface area (TPSA) is 38.5 Å². The molecule has 3 heteroatoms. The second-order valence-electron chi connectivity index (χ2n) is 5.66. The Morgan fingerprint density at radius 1 is 1.50 bits per heavy atom. The molecule has 3 nitrogen and oxygen atoms in total. The monoisotopic (exact) mass is 226 g/mol. The lowest BCUT2D eigenvalue weighted by molar-refractivity contribution is -0.0190. The van der Waals surface area contributed by atoms with Gasteiger partial charge in [-0.05, 0) is 31.7 Å². The van der Waals surface area contributed by atoms with Crippen molar-refractivity contribution in [2.24, 2.45) is 17.1 Å². The fraction of sp³-hybridized carbons (Fsp3) is 1.00. The molecule has 2 unspecified atom stereocenters. The highest BCUT2D eigenvalue weighted by atomic mass is 16.5. The standard InChI is InChI=1S/C13H26N2O/c1-2-12-4-6-15(8-12)10-13(9-14)5-3-7-16-11-13/h12H,2-11,14H2,1H3. The van der Waals surface area contributed by atoms with E-state index >= 15 is 0 Å². The third kappa shape index (κ3) is 2.76. The quantitative estimate of drug-likeness (QED) is 0.789. The fourth-order valence-corrected chi connectivity index (χ4v) is 3.12. The summed E-state index contributed by atoms with van der Waals surface area (Å²) in [5.41, 5.74) is 6.23. The predicted molar refractivity (Wildman–Crippen MR) is 66.4 cm³/mol. The van der Waals surface area contributed by atoms with Gasteiger partial charge in [0.05, 0.1) is 6.61 Å². The molecule has 2 aliphatic rings. The lowest BCUT2D eigenvalue weighted by Gasteiger charge is -2.39. The maximum atomic E-state index is 5.98. The summed E-state index contributed by atoms with van der Waals surface area (Å²) < 4.78 is 5.63. The summed E-state index contributed by atoms with van der Waals surface area (Å²) >= 11 is 0. The van der Waals surface area contributed by atoms with Gasteiger partial charge in [0, 0.05) is 31.7 Å². The molecule has 2 saturated heterocycles. The summed E-state index contributed by atoms with van der Waals surface area (Å²) in [6, 6.07) is 0. The summed E-state index contributed by atoms with van der Waals surface area (Å²) in [6.07, 6.45) is 5.12. The zero-order chi connectivity index (χ0) is 11.4. The van der Waals surface area contributed by atoms with Crippen molar-refractivity contribution < 1.29 is 4.74 Å². The van der Waals surface area contributed by atoms with Crippen molar-refractivity contribution >= 4 is 0 Å². The van der Waals surface area contributed by atoms with E-state index in [2.05, 4.69) is 11.8 Å². The van der Waals surface area contributed by atoms with E-state index < -0.39 is 0 Å². The number of hydrogen-bond donors (Lipinski definition) is 1. The lowest BCUT2D eigenvalue weighted by atomic mass is 9.82. The van der Waals surface area contributed by atoms with Crippen molar-refractivity contribution in [1.82, 2.24) is 4.90 Å². The highest BCUT2D eigenvalue weighted by Gasteiger charge is 2.35. The molecular weight excluding hydrogens is 200 g/mol. The molecule has 2 N–H and O–H groups in total. The largest absolute Gasteiger partial charge is 0.381 e. The number of likely N-dealkylation sites (tertiary alicyclic amines) is 1. The minimum atomic E-state index is 0.251. The Morgan fingerprint density at radius 2 is 2.38 bits per heavy atom. The molecule has 0 saturated carbocycles. The SMILES string of the molecule is CCC1CCN(CC2(CN)CCCOC2)C1. The summed E-state index contributed by atoms with van der Waals surface area (Å²) in [5, 5.41) is 0. The Labute approximate surface area is 99.3 Å². The highest BCUT2D eigenvalue weighted by molar-refractivity contribution is 4.88. The van der Waals surface area contributed by atoms with Gasteiger partial charge < -0.3 is 15.4 Å². The molecule has 0 aromatic carbocycles. The number of rotatable bonds is 4. The second-order valence-corrected chi connectivity index (χ2v) is 5.66. The van der Waals surface area contributed by atoms with E-state index in [1.54, 1.807) is 0 Å². The van der Waals surface area contributed by atoms with E-state index in [1.165, 1.54) is 38.8 Å². The maximum absolute atomic E-state index is 5.98. The van der Waals surface area contributed by atoms with E-state index in [1.807, 2.05) is 0 Å². The minimum absolute atomic E-state index is 0.251. The predicted octanol–water partition coefficient (Wildman–Crippen LogP) is 1.47. The van der Waals surface area contributed by atoms with Crippen LogP contribution in [0.25, 0.3) is 0 Å². The van der Waals surface area contributed by atoms with Crippen LogP contribution < -0.4 is 5.73 Å². The second kappa shape index (κ2) is 5.48. The van der Waals surface area contributed by atoms with Crippen LogP contribution in [0.2, 0.25) is 0 Å². The molecule has 0 spiro atoms. The van der Waals surface area contributed by atoms with Crippen molar-refractivity contribution in [2.45, 2.75) is 32.6 Å². The summed E-state index contributed by atoms with van der Waals surface area (Å²) in [6.45, 7) is 8.57. The van der Waals surface area contributed by atoms with Crippen molar-refractivity contribution in [2.75, 3.05) is 39.4 Å². The fourth-order valence-electron chi connectivity index (χ4n) is 3.12. The Hall–Kier alpha value is -0.120. The zero-order valence-electron chi connectivity index (χ0n) is 10.6. The van der Waals surface area contributed by atoms with E-state index in [4.69, 9.17) is 10.5 Å². The first-order chi connectivity index (χ1) is 7.78. The van der Waals surface area contributed by atoms with Gasteiger partial charge in [0.2, 0.25) is 0 Å². The van der Waals surface area contributed by atoms with Crippen LogP contribution in [0.3, 0.4) is 0 Å². The van der Waals surface area contributed by atoms with Crippen molar-refractivity contribution in [3.63, 3.8) is 0 Å². The van der Waals surface area contributed by atoms with E-state index in [0.717, 1.165) is 32.2 Å². The van der Waals surface area contributed by atoms with E-state index in [-0.39, 0.29) is 5.41 Å². The molecule has 0 aliphatic carbocycles. The molecule has 0 aromatic rings. The molecule has 2 atom stereocenters. The van der Waals surface area contributed by atoms with Gasteiger partial charge in [-0.25, -0.2) is 0 Å². The molecule has 0 amide bonds. The third-order valence-corrected chi connectivity index (χ3v) is 4.34. The van der Waals surface area contributed by atoms with Crippen LogP contribution in [-0.2, 0) is 4.74 Å². The molecule has 0 bridgehead atoms. The molecule has 2 aliphatic heterocycles. The van der Waals surface area contributed by atoms with Gasteiger partial charge >= 0.3 is 0 Å². The van der Waals surface area contributed by atoms with Crippen LogP contribution in [0.15, 0.2) is 0 Å². The van der Waals surface area contributed by atoms with Crippen LogP contribution in [-0.4, -0.2) is 44.3 Å². The molecule has 0 radical (unpaired) electrons. The van der Waals surface area contributed by atoms with Crippen LogP contribution in [0.1, 0.15) is 32.6 Å². The molecular formula is C13H26N2O. The third-order valence-electron chi connectivity index (χ3n) is 4.34. The Kier molecular flexibility index (Phi) is 4.22. The van der Waals surface area contributed by atoms with Gasteiger partial charge in [0.25, 0.3) is 0 Å². The van der Waals surface area contributed by atoms with Crippen molar-refractivity contribution in [3.05, 3.63) is 0 Å². The Bertz CT molecular complexity index is 214. The molecule has 94 valence electrons. The molecule has 16 heavy (non-hydrogen) atoms. The van der Waals surface area contributed by atoms with E-state index in [0.29, 0.717) is 0 Å². The van der Waals surface area contributed by atoms with Crippen LogP contribution in [0.4, 0.5) is 0 Å². The normalized spacial score (nSPS) is 36.8. The van der Waals surface area contributed by atoms with Crippen LogP contribution in [0.5, 0.6) is 0 Å². The first-order valence-corrected chi connectivity index (χ1v) is 6.78. The maximum Gasteiger partial charge on any atom is 0.0546 e. The number of nitrogens with zero attached hydrogens (tertiary/aromatic N) is 1. The summed E-state index contributed by atoms with van der Waals surface area (Å²) in [7, 11) is 0. The number of nitrogens with two attached hydrogens (primary N) is 1. The average molecular weight is 226 g/mol. The smallest absolute Gasteiger partial charge is 0.0546 e. The first-order valence-electron chi connectivity index (χ1n) is 6.78. The molecule has 2 rings (SSSR count). The summed E-state index contributed by atoms with van der Waals surface area (Å²) in [5.74, 6) is 0.916. The van der Waals surface area contributed by atoms with Crippen LogP contribution >= 0.6 is 0 Å². The molecule has 2 fully saturated rings. The Balaban J connectivity index is 1.86. The molecule has 2 heterocycles. The highest BCUT2D eigenvalue weighted by Crippen LogP contribution is 2.31. The Morgan fingerprint density at radius 3 is 2.94 bits per heavy atom. The van der Waals surface area contributed by atoms with E-state index in [9.17, 15) is 0 Å².